The van der Waals surface area contributed by atoms with E-state index in [1.54, 1.807) is 6.07 Å². The average Bonchev–Trinajstić information content (AvgIpc) is 3.09. The third-order valence-corrected chi connectivity index (χ3v) is 7.11. The van der Waals surface area contributed by atoms with Gasteiger partial charge in [-0.25, -0.2) is 8.42 Å². The van der Waals surface area contributed by atoms with Gasteiger partial charge in [-0.1, -0.05) is 18.2 Å². The van der Waals surface area contributed by atoms with Crippen LogP contribution in [0.2, 0.25) is 0 Å². The minimum atomic E-state index is -3.46. The normalized spacial score (nSPS) is 11.7. The lowest BCUT2D eigenvalue weighted by Crippen LogP contribution is -2.32. The predicted octanol–water partition coefficient (Wildman–Crippen LogP) is 5.68. The minimum absolute atomic E-state index is 0.173. The SMILES string of the molecule is Cc1cc(I)ccc1N(CCCC(=O)Nc1ccc2c(c1)oc1ccccc12)S(C)(=O)=O. The molecule has 0 saturated heterocycles. The summed E-state index contributed by atoms with van der Waals surface area (Å²) in [5, 5.41) is 4.91. The Morgan fingerprint density at radius 3 is 2.53 bits per heavy atom. The molecule has 0 saturated carbocycles. The zero-order chi connectivity index (χ0) is 22.9. The Morgan fingerprint density at radius 2 is 1.78 bits per heavy atom. The number of benzene rings is 3. The summed E-state index contributed by atoms with van der Waals surface area (Å²) in [6.45, 7) is 2.12. The largest absolute Gasteiger partial charge is 0.456 e. The standard InChI is InChI=1S/C24H23IN2O4S/c1-16-14-17(25)9-12-21(16)27(32(2,29)30)13-5-8-24(28)26-18-10-11-20-19-6-3-4-7-22(19)31-23(20)15-18/h3-4,6-7,9-12,14-15H,5,8,13H2,1-2H3,(H,26,28). The number of hydrogen-bond acceptors (Lipinski definition) is 4. The molecule has 8 heteroatoms. The lowest BCUT2D eigenvalue weighted by molar-refractivity contribution is -0.116. The number of rotatable bonds is 7. The van der Waals surface area contributed by atoms with Crippen LogP contribution in [-0.2, 0) is 14.8 Å². The zero-order valence-electron chi connectivity index (χ0n) is 17.8. The van der Waals surface area contributed by atoms with Crippen LogP contribution in [0, 0.1) is 10.5 Å². The summed E-state index contributed by atoms with van der Waals surface area (Å²) < 4.78 is 33.0. The van der Waals surface area contributed by atoms with Crippen molar-refractivity contribution in [3.8, 4) is 0 Å². The van der Waals surface area contributed by atoms with Gasteiger partial charge in [0.15, 0.2) is 0 Å². The molecule has 1 amide bonds. The van der Waals surface area contributed by atoms with Crippen LogP contribution in [0.15, 0.2) is 65.1 Å². The van der Waals surface area contributed by atoms with E-state index in [1.165, 1.54) is 10.6 Å². The highest BCUT2D eigenvalue weighted by molar-refractivity contribution is 14.1. The zero-order valence-corrected chi connectivity index (χ0v) is 20.7. The van der Waals surface area contributed by atoms with Gasteiger partial charge < -0.3 is 9.73 Å². The number of sulfonamides is 1. The molecule has 4 rings (SSSR count). The van der Waals surface area contributed by atoms with E-state index in [1.807, 2.05) is 61.5 Å². The molecule has 0 bridgehead atoms. The number of aryl methyl sites for hydroxylation is 1. The first kappa shape index (κ1) is 22.6. The lowest BCUT2D eigenvalue weighted by Gasteiger charge is -2.24. The number of anilines is 2. The molecule has 1 aromatic heterocycles. The van der Waals surface area contributed by atoms with Crippen LogP contribution in [-0.4, -0.2) is 27.1 Å². The van der Waals surface area contributed by atoms with Crippen molar-refractivity contribution in [1.29, 1.82) is 0 Å². The molecule has 166 valence electrons. The van der Waals surface area contributed by atoms with Crippen LogP contribution >= 0.6 is 22.6 Å². The van der Waals surface area contributed by atoms with Crippen LogP contribution in [0.25, 0.3) is 21.9 Å². The number of nitrogens with zero attached hydrogens (tertiary/aromatic N) is 1. The highest BCUT2D eigenvalue weighted by Crippen LogP contribution is 2.30. The van der Waals surface area contributed by atoms with Gasteiger partial charge in [0.2, 0.25) is 15.9 Å². The Balaban J connectivity index is 1.42. The summed E-state index contributed by atoms with van der Waals surface area (Å²) in [5.74, 6) is -0.173. The maximum Gasteiger partial charge on any atom is 0.232 e. The molecule has 0 atom stereocenters. The molecule has 3 aromatic carbocycles. The first-order valence-corrected chi connectivity index (χ1v) is 13.1. The molecule has 0 aliphatic heterocycles. The molecule has 1 N–H and O–H groups in total. The third-order valence-electron chi connectivity index (χ3n) is 5.26. The van der Waals surface area contributed by atoms with Gasteiger partial charge in [0.1, 0.15) is 11.2 Å². The van der Waals surface area contributed by atoms with Crippen LogP contribution in [0.3, 0.4) is 0 Å². The van der Waals surface area contributed by atoms with Crippen molar-refractivity contribution in [3.05, 3.63) is 69.8 Å². The van der Waals surface area contributed by atoms with E-state index in [9.17, 15) is 13.2 Å². The Bertz CT molecular complexity index is 1410. The molecule has 0 aliphatic rings. The Morgan fingerprint density at radius 1 is 1.03 bits per heavy atom. The first-order chi connectivity index (χ1) is 15.2. The fraction of sp³-hybridized carbons (Fsp3) is 0.208. The second-order valence-corrected chi connectivity index (χ2v) is 10.9. The predicted molar refractivity (Wildman–Crippen MR) is 138 cm³/mol. The summed E-state index contributed by atoms with van der Waals surface area (Å²) >= 11 is 2.20. The number of hydrogen-bond donors (Lipinski definition) is 1. The molecular weight excluding hydrogens is 539 g/mol. The summed E-state index contributed by atoms with van der Waals surface area (Å²) in [4.78, 5) is 12.5. The van der Waals surface area contributed by atoms with Crippen molar-refractivity contribution in [2.24, 2.45) is 0 Å². The molecule has 1 heterocycles. The fourth-order valence-electron chi connectivity index (χ4n) is 3.77. The number of amides is 1. The fourth-order valence-corrected chi connectivity index (χ4v) is 5.44. The molecule has 32 heavy (non-hydrogen) atoms. The molecule has 0 spiro atoms. The van der Waals surface area contributed by atoms with Gasteiger partial charge in [0.05, 0.1) is 11.9 Å². The number of furan rings is 1. The van der Waals surface area contributed by atoms with E-state index in [0.29, 0.717) is 23.4 Å². The van der Waals surface area contributed by atoms with Crippen molar-refractivity contribution < 1.29 is 17.6 Å². The number of halogens is 1. The molecule has 0 radical (unpaired) electrons. The molecule has 4 aromatic rings. The van der Waals surface area contributed by atoms with Crippen LogP contribution in [0.1, 0.15) is 18.4 Å². The van der Waals surface area contributed by atoms with Gasteiger partial charge in [-0.3, -0.25) is 9.10 Å². The van der Waals surface area contributed by atoms with E-state index < -0.39 is 10.0 Å². The number of nitrogens with one attached hydrogen (secondary N) is 1. The van der Waals surface area contributed by atoms with Crippen molar-refractivity contribution in [2.45, 2.75) is 19.8 Å². The smallest absolute Gasteiger partial charge is 0.232 e. The van der Waals surface area contributed by atoms with Gasteiger partial charge in [-0.05, 0) is 77.9 Å². The second-order valence-electron chi connectivity index (χ2n) is 7.73. The van der Waals surface area contributed by atoms with Gasteiger partial charge >= 0.3 is 0 Å². The Labute approximate surface area is 200 Å². The van der Waals surface area contributed by atoms with Gasteiger partial charge in [-0.15, -0.1) is 0 Å². The summed E-state index contributed by atoms with van der Waals surface area (Å²) in [6.07, 6.45) is 1.79. The number of carbonyl (C=O) groups excluding carboxylic acids is 1. The summed E-state index contributed by atoms with van der Waals surface area (Å²) in [7, 11) is -3.46. The Kier molecular flexibility index (Phi) is 6.43. The van der Waals surface area contributed by atoms with Crippen LogP contribution in [0.5, 0.6) is 0 Å². The van der Waals surface area contributed by atoms with Gasteiger partial charge in [0, 0.05) is 39.1 Å². The van der Waals surface area contributed by atoms with E-state index in [4.69, 9.17) is 4.42 Å². The lowest BCUT2D eigenvalue weighted by atomic mass is 10.1. The summed E-state index contributed by atoms with van der Waals surface area (Å²) in [6, 6.07) is 19.0. The number of para-hydroxylation sites is 1. The van der Waals surface area contributed by atoms with E-state index in [-0.39, 0.29) is 18.9 Å². The molecule has 0 unspecified atom stereocenters. The van der Waals surface area contributed by atoms with Crippen LogP contribution in [0.4, 0.5) is 11.4 Å². The average molecular weight is 562 g/mol. The molecule has 0 aliphatic carbocycles. The molecular formula is C24H23IN2O4S. The minimum Gasteiger partial charge on any atom is -0.456 e. The highest BCUT2D eigenvalue weighted by Gasteiger charge is 2.19. The van der Waals surface area contributed by atoms with E-state index in [2.05, 4.69) is 27.9 Å². The first-order valence-electron chi connectivity index (χ1n) is 10.2. The Hall–Kier alpha value is -2.59. The van der Waals surface area contributed by atoms with Gasteiger partial charge in [0.25, 0.3) is 0 Å². The van der Waals surface area contributed by atoms with Crippen molar-refractivity contribution >= 4 is 71.8 Å². The maximum absolute atomic E-state index is 12.5. The topological polar surface area (TPSA) is 79.6 Å². The maximum atomic E-state index is 12.5. The van der Waals surface area contributed by atoms with E-state index >= 15 is 0 Å². The summed E-state index contributed by atoms with van der Waals surface area (Å²) in [5.41, 5.74) is 3.68. The molecule has 0 fully saturated rings. The second kappa shape index (κ2) is 9.11. The highest BCUT2D eigenvalue weighted by atomic mass is 127. The van der Waals surface area contributed by atoms with E-state index in [0.717, 1.165) is 25.5 Å². The monoisotopic (exact) mass is 562 g/mol. The van der Waals surface area contributed by atoms with Crippen LogP contribution < -0.4 is 9.62 Å². The van der Waals surface area contributed by atoms with Crippen molar-refractivity contribution in [1.82, 2.24) is 0 Å². The van der Waals surface area contributed by atoms with Crippen molar-refractivity contribution in [3.63, 3.8) is 0 Å². The molecule has 6 nitrogen and oxygen atoms in total. The van der Waals surface area contributed by atoms with Crippen molar-refractivity contribution in [2.75, 3.05) is 22.4 Å². The third kappa shape index (κ3) is 4.91. The quantitative estimate of drug-likeness (QED) is 0.294. The van der Waals surface area contributed by atoms with Gasteiger partial charge in [-0.2, -0.15) is 0 Å². The number of fused-ring (bicyclic) bond motifs is 3. The number of carbonyl (C=O) groups is 1.